The molecule has 0 amide bonds. The molecule has 1 saturated carbocycles. The Morgan fingerprint density at radius 1 is 1.10 bits per heavy atom. The molecule has 4 heteroatoms. The maximum absolute atomic E-state index is 12.4. The van der Waals surface area contributed by atoms with Gasteiger partial charge in [-0.15, -0.1) is 0 Å². The Hall–Kier alpha value is -1.06. The quantitative estimate of drug-likeness (QED) is 0.481. The smallest absolute Gasteiger partial charge is 0.323 e. The molecule has 0 aromatic rings. The summed E-state index contributed by atoms with van der Waals surface area (Å²) >= 11 is 0. The molecular formula is C16H28O4. The van der Waals surface area contributed by atoms with Crippen molar-refractivity contribution in [2.24, 2.45) is 17.3 Å². The predicted molar refractivity (Wildman–Crippen MR) is 77.1 cm³/mol. The van der Waals surface area contributed by atoms with Crippen LogP contribution in [0.2, 0.25) is 0 Å². The highest BCUT2D eigenvalue weighted by Crippen LogP contribution is 2.41. The third-order valence-electron chi connectivity index (χ3n) is 3.77. The van der Waals surface area contributed by atoms with E-state index in [0.29, 0.717) is 32.0 Å². The molecule has 116 valence electrons. The van der Waals surface area contributed by atoms with E-state index >= 15 is 0 Å². The molecule has 0 saturated heterocycles. The Bertz CT molecular complexity index is 313. The molecule has 0 radical (unpaired) electrons. The summed E-state index contributed by atoms with van der Waals surface area (Å²) in [5.41, 5.74) is -1.11. The molecule has 20 heavy (non-hydrogen) atoms. The van der Waals surface area contributed by atoms with E-state index in [2.05, 4.69) is 0 Å². The second-order valence-corrected chi connectivity index (χ2v) is 6.10. The minimum absolute atomic E-state index is 0.239. The van der Waals surface area contributed by atoms with Crippen molar-refractivity contribution in [3.8, 4) is 0 Å². The predicted octanol–water partition coefficient (Wildman–Crippen LogP) is 3.34. The molecule has 0 aliphatic heterocycles. The van der Waals surface area contributed by atoms with Gasteiger partial charge in [-0.1, -0.05) is 26.7 Å². The molecule has 0 spiro atoms. The number of carbonyl (C=O) groups is 2. The van der Waals surface area contributed by atoms with Crippen molar-refractivity contribution >= 4 is 11.9 Å². The summed E-state index contributed by atoms with van der Waals surface area (Å²) in [7, 11) is 0. The lowest BCUT2D eigenvalue weighted by Gasteiger charge is -2.30. The van der Waals surface area contributed by atoms with Gasteiger partial charge in [-0.2, -0.15) is 0 Å². The zero-order chi connectivity index (χ0) is 15.2. The summed E-state index contributed by atoms with van der Waals surface area (Å²) in [5, 5.41) is 0. The minimum atomic E-state index is -1.11. The summed E-state index contributed by atoms with van der Waals surface area (Å²) in [6.45, 7) is 8.16. The molecule has 0 bridgehead atoms. The molecule has 1 aliphatic rings. The third kappa shape index (κ3) is 4.50. The number of esters is 2. The van der Waals surface area contributed by atoms with E-state index in [1.165, 1.54) is 12.8 Å². The Kier molecular flexibility index (Phi) is 6.50. The average molecular weight is 284 g/mol. The number of hydrogen-bond acceptors (Lipinski definition) is 4. The van der Waals surface area contributed by atoms with Gasteiger partial charge in [0.05, 0.1) is 13.2 Å². The van der Waals surface area contributed by atoms with Crippen LogP contribution in [-0.2, 0) is 19.1 Å². The van der Waals surface area contributed by atoms with Crippen molar-refractivity contribution in [2.75, 3.05) is 13.2 Å². The van der Waals surface area contributed by atoms with E-state index in [1.54, 1.807) is 13.8 Å². The fourth-order valence-corrected chi connectivity index (χ4v) is 2.65. The highest BCUT2D eigenvalue weighted by atomic mass is 16.6. The van der Waals surface area contributed by atoms with Gasteiger partial charge in [0.25, 0.3) is 0 Å². The highest BCUT2D eigenvalue weighted by molar-refractivity contribution is 6.00. The van der Waals surface area contributed by atoms with Crippen molar-refractivity contribution in [2.45, 2.75) is 59.8 Å². The Balaban J connectivity index is 2.93. The summed E-state index contributed by atoms with van der Waals surface area (Å²) in [6.07, 6.45) is 4.38. The Morgan fingerprint density at radius 3 is 1.95 bits per heavy atom. The first-order valence-corrected chi connectivity index (χ1v) is 7.80. The Labute approximate surface area is 122 Å². The van der Waals surface area contributed by atoms with Crippen LogP contribution in [-0.4, -0.2) is 25.2 Å². The summed E-state index contributed by atoms with van der Waals surface area (Å²) < 4.78 is 10.4. The summed E-state index contributed by atoms with van der Waals surface area (Å²) in [6, 6.07) is 0. The summed E-state index contributed by atoms with van der Waals surface area (Å²) in [5.74, 6) is 0.0917. The van der Waals surface area contributed by atoms with Gasteiger partial charge < -0.3 is 9.47 Å². The topological polar surface area (TPSA) is 52.6 Å². The van der Waals surface area contributed by atoms with Crippen LogP contribution in [0.25, 0.3) is 0 Å². The number of rotatable bonds is 9. The molecule has 0 aromatic carbocycles. The van der Waals surface area contributed by atoms with Gasteiger partial charge >= 0.3 is 11.9 Å². The van der Waals surface area contributed by atoms with Crippen LogP contribution in [0.3, 0.4) is 0 Å². The standard InChI is InChI=1S/C16H28O4/c1-5-19-14(17)16(11-12(3)4,15(18)20-6-2)10-9-13-7-8-13/h12-13H,5-11H2,1-4H3. The van der Waals surface area contributed by atoms with Gasteiger partial charge in [-0.05, 0) is 44.9 Å². The van der Waals surface area contributed by atoms with Crippen LogP contribution in [0, 0.1) is 17.3 Å². The van der Waals surface area contributed by atoms with E-state index < -0.39 is 17.4 Å². The monoisotopic (exact) mass is 284 g/mol. The van der Waals surface area contributed by atoms with Crippen LogP contribution < -0.4 is 0 Å². The lowest BCUT2D eigenvalue weighted by molar-refractivity contribution is -0.174. The van der Waals surface area contributed by atoms with E-state index in [9.17, 15) is 9.59 Å². The fraction of sp³-hybridized carbons (Fsp3) is 0.875. The Morgan fingerprint density at radius 2 is 1.60 bits per heavy atom. The highest BCUT2D eigenvalue weighted by Gasteiger charge is 2.49. The lowest BCUT2D eigenvalue weighted by atomic mass is 9.75. The van der Waals surface area contributed by atoms with Gasteiger partial charge in [0.15, 0.2) is 5.41 Å². The first-order valence-electron chi connectivity index (χ1n) is 7.80. The molecule has 0 N–H and O–H groups in total. The van der Waals surface area contributed by atoms with Crippen molar-refractivity contribution in [3.05, 3.63) is 0 Å². The molecule has 0 unspecified atom stereocenters. The first kappa shape index (κ1) is 17.0. The van der Waals surface area contributed by atoms with Crippen LogP contribution in [0.4, 0.5) is 0 Å². The number of carbonyl (C=O) groups excluding carboxylic acids is 2. The van der Waals surface area contributed by atoms with Crippen LogP contribution in [0.1, 0.15) is 59.8 Å². The van der Waals surface area contributed by atoms with Crippen LogP contribution >= 0.6 is 0 Å². The van der Waals surface area contributed by atoms with Gasteiger partial charge in [-0.3, -0.25) is 9.59 Å². The maximum Gasteiger partial charge on any atom is 0.323 e. The molecule has 4 nitrogen and oxygen atoms in total. The van der Waals surface area contributed by atoms with Gasteiger partial charge in [0.2, 0.25) is 0 Å². The SMILES string of the molecule is CCOC(=O)C(CCC1CC1)(CC(C)C)C(=O)OCC. The van der Waals surface area contributed by atoms with Crippen LogP contribution in [0.15, 0.2) is 0 Å². The van der Waals surface area contributed by atoms with E-state index in [4.69, 9.17) is 9.47 Å². The van der Waals surface area contributed by atoms with E-state index in [-0.39, 0.29) is 5.92 Å². The molecular weight excluding hydrogens is 256 g/mol. The van der Waals surface area contributed by atoms with Crippen LogP contribution in [0.5, 0.6) is 0 Å². The zero-order valence-corrected chi connectivity index (χ0v) is 13.2. The third-order valence-corrected chi connectivity index (χ3v) is 3.77. The number of ether oxygens (including phenoxy) is 2. The summed E-state index contributed by atoms with van der Waals surface area (Å²) in [4.78, 5) is 24.9. The second kappa shape index (κ2) is 7.65. The van der Waals surface area contributed by atoms with Crippen molar-refractivity contribution in [1.82, 2.24) is 0 Å². The number of hydrogen-bond donors (Lipinski definition) is 0. The van der Waals surface area contributed by atoms with E-state index in [1.807, 2.05) is 13.8 Å². The van der Waals surface area contributed by atoms with E-state index in [0.717, 1.165) is 6.42 Å². The van der Waals surface area contributed by atoms with Gasteiger partial charge in [0.1, 0.15) is 0 Å². The zero-order valence-electron chi connectivity index (χ0n) is 13.2. The normalized spacial score (nSPS) is 15.2. The first-order chi connectivity index (χ1) is 9.46. The van der Waals surface area contributed by atoms with Crippen molar-refractivity contribution in [1.29, 1.82) is 0 Å². The molecule has 1 rings (SSSR count). The molecule has 0 atom stereocenters. The average Bonchev–Trinajstić information content (AvgIpc) is 3.18. The second-order valence-electron chi connectivity index (χ2n) is 6.10. The molecule has 1 aliphatic carbocycles. The molecule has 0 aromatic heterocycles. The van der Waals surface area contributed by atoms with Gasteiger partial charge in [-0.25, -0.2) is 0 Å². The fourth-order valence-electron chi connectivity index (χ4n) is 2.65. The van der Waals surface area contributed by atoms with Gasteiger partial charge in [0, 0.05) is 0 Å². The molecule has 0 heterocycles. The minimum Gasteiger partial charge on any atom is -0.465 e. The van der Waals surface area contributed by atoms with Crippen molar-refractivity contribution in [3.63, 3.8) is 0 Å². The maximum atomic E-state index is 12.4. The van der Waals surface area contributed by atoms with Crippen molar-refractivity contribution < 1.29 is 19.1 Å². The molecule has 1 fully saturated rings. The lowest BCUT2D eigenvalue weighted by Crippen LogP contribution is -2.43. The largest absolute Gasteiger partial charge is 0.465 e.